The van der Waals surface area contributed by atoms with Crippen LogP contribution in [-0.4, -0.2) is 30.8 Å². The van der Waals surface area contributed by atoms with Gasteiger partial charge in [0.2, 0.25) is 10.0 Å². The number of rotatable bonds is 5. The zero-order chi connectivity index (χ0) is 17.2. The van der Waals surface area contributed by atoms with Gasteiger partial charge in [-0.15, -0.1) is 0 Å². The van der Waals surface area contributed by atoms with E-state index in [0.29, 0.717) is 30.8 Å². The normalized spacial score (nSPS) is 21.8. The molecular weight excluding hydrogens is 326 g/mol. The molecule has 24 heavy (non-hydrogen) atoms. The standard InChI is InChI=1S/C17H23N3O3S/c1-3-13-6-4-5-7-17(13)24(21,22)19-15-8-9-23-16(10-15)14-11-18-20(2)12-14/h4-7,11-12,15-16,19H,3,8-10H2,1-2H3/t15-,16-/m1/s1. The van der Waals surface area contributed by atoms with Gasteiger partial charge in [-0.2, -0.15) is 5.10 Å². The highest BCUT2D eigenvalue weighted by Crippen LogP contribution is 2.29. The van der Waals surface area contributed by atoms with Gasteiger partial charge in [0.05, 0.1) is 17.2 Å². The van der Waals surface area contributed by atoms with Gasteiger partial charge in [-0.25, -0.2) is 13.1 Å². The second-order valence-electron chi connectivity index (χ2n) is 6.11. The first kappa shape index (κ1) is 17.1. The molecule has 6 nitrogen and oxygen atoms in total. The van der Waals surface area contributed by atoms with Gasteiger partial charge in [-0.1, -0.05) is 25.1 Å². The third-order valence-corrected chi connectivity index (χ3v) is 5.97. The highest BCUT2D eigenvalue weighted by atomic mass is 32.2. The summed E-state index contributed by atoms with van der Waals surface area (Å²) in [5.41, 5.74) is 1.82. The summed E-state index contributed by atoms with van der Waals surface area (Å²) in [4.78, 5) is 0.372. The second kappa shape index (κ2) is 7.04. The van der Waals surface area contributed by atoms with Crippen molar-refractivity contribution in [3.05, 3.63) is 47.8 Å². The van der Waals surface area contributed by atoms with Crippen molar-refractivity contribution >= 4 is 10.0 Å². The Hall–Kier alpha value is -1.70. The molecule has 1 N–H and O–H groups in total. The molecule has 0 saturated carbocycles. The zero-order valence-electron chi connectivity index (χ0n) is 14.0. The predicted molar refractivity (Wildman–Crippen MR) is 91.1 cm³/mol. The van der Waals surface area contributed by atoms with Gasteiger partial charge in [0, 0.05) is 31.5 Å². The monoisotopic (exact) mass is 349 g/mol. The smallest absolute Gasteiger partial charge is 0.241 e. The van der Waals surface area contributed by atoms with Crippen LogP contribution in [0, 0.1) is 0 Å². The Kier molecular flexibility index (Phi) is 5.03. The lowest BCUT2D eigenvalue weighted by Gasteiger charge is -2.29. The van der Waals surface area contributed by atoms with Gasteiger partial charge in [-0.05, 0) is 30.9 Å². The molecule has 1 aromatic heterocycles. The molecule has 3 rings (SSSR count). The largest absolute Gasteiger partial charge is 0.373 e. The summed E-state index contributed by atoms with van der Waals surface area (Å²) < 4.78 is 35.9. The third kappa shape index (κ3) is 3.68. The van der Waals surface area contributed by atoms with Gasteiger partial charge in [0.15, 0.2) is 0 Å². The maximum Gasteiger partial charge on any atom is 0.241 e. The molecule has 2 aromatic rings. The van der Waals surface area contributed by atoms with Gasteiger partial charge in [0.25, 0.3) is 0 Å². The van der Waals surface area contributed by atoms with Crippen molar-refractivity contribution in [3.8, 4) is 0 Å². The van der Waals surface area contributed by atoms with Crippen molar-refractivity contribution < 1.29 is 13.2 Å². The van der Waals surface area contributed by atoms with E-state index in [1.54, 1.807) is 23.0 Å². The van der Waals surface area contributed by atoms with Crippen LogP contribution in [0.15, 0.2) is 41.6 Å². The van der Waals surface area contributed by atoms with E-state index in [9.17, 15) is 8.42 Å². The molecule has 130 valence electrons. The number of benzene rings is 1. The molecule has 0 aliphatic carbocycles. The number of nitrogens with zero attached hydrogens (tertiary/aromatic N) is 2. The zero-order valence-corrected chi connectivity index (χ0v) is 14.8. The molecule has 0 amide bonds. The summed E-state index contributed by atoms with van der Waals surface area (Å²) >= 11 is 0. The van der Waals surface area contributed by atoms with Crippen LogP contribution in [0.2, 0.25) is 0 Å². The Morgan fingerprint density at radius 3 is 2.88 bits per heavy atom. The van der Waals surface area contributed by atoms with Crippen LogP contribution in [0.1, 0.15) is 37.0 Å². The van der Waals surface area contributed by atoms with E-state index < -0.39 is 10.0 Å². The number of ether oxygens (including phenoxy) is 1. The van der Waals surface area contributed by atoms with Crippen molar-refractivity contribution in [3.63, 3.8) is 0 Å². The minimum Gasteiger partial charge on any atom is -0.373 e. The Morgan fingerprint density at radius 2 is 2.17 bits per heavy atom. The van der Waals surface area contributed by atoms with E-state index >= 15 is 0 Å². The lowest BCUT2D eigenvalue weighted by Crippen LogP contribution is -2.40. The minimum atomic E-state index is -3.53. The fourth-order valence-corrected chi connectivity index (χ4v) is 4.68. The number of aromatic nitrogens is 2. The molecule has 1 aliphatic heterocycles. The molecule has 0 unspecified atom stereocenters. The first-order valence-electron chi connectivity index (χ1n) is 8.20. The van der Waals surface area contributed by atoms with Gasteiger partial charge in [0.1, 0.15) is 0 Å². The van der Waals surface area contributed by atoms with Crippen LogP contribution in [0.25, 0.3) is 0 Å². The Labute approximate surface area is 142 Å². The topological polar surface area (TPSA) is 73.2 Å². The number of sulfonamides is 1. The summed E-state index contributed by atoms with van der Waals surface area (Å²) in [5, 5.41) is 4.16. The van der Waals surface area contributed by atoms with Gasteiger partial charge in [-0.3, -0.25) is 4.68 Å². The van der Waals surface area contributed by atoms with Gasteiger partial charge >= 0.3 is 0 Å². The average Bonchev–Trinajstić information content (AvgIpc) is 3.01. The van der Waals surface area contributed by atoms with Crippen molar-refractivity contribution in [2.24, 2.45) is 7.05 Å². The summed E-state index contributed by atoms with van der Waals surface area (Å²) in [6.07, 6.45) is 5.52. The third-order valence-electron chi connectivity index (χ3n) is 4.35. The highest BCUT2D eigenvalue weighted by molar-refractivity contribution is 7.89. The lowest BCUT2D eigenvalue weighted by molar-refractivity contribution is 0.00400. The molecule has 1 aromatic carbocycles. The molecule has 2 atom stereocenters. The quantitative estimate of drug-likeness (QED) is 0.898. The van der Waals surface area contributed by atoms with E-state index in [1.807, 2.05) is 32.3 Å². The van der Waals surface area contributed by atoms with Crippen LogP contribution in [-0.2, 0) is 28.2 Å². The van der Waals surface area contributed by atoms with E-state index in [1.165, 1.54) is 0 Å². The summed E-state index contributed by atoms with van der Waals surface area (Å²) in [6, 6.07) is 7.01. The average molecular weight is 349 g/mol. The Bertz CT molecular complexity index is 801. The maximum atomic E-state index is 12.8. The van der Waals surface area contributed by atoms with Crippen LogP contribution in [0.4, 0.5) is 0 Å². The van der Waals surface area contributed by atoms with Crippen LogP contribution in [0.3, 0.4) is 0 Å². The summed E-state index contributed by atoms with van der Waals surface area (Å²) in [5.74, 6) is 0. The van der Waals surface area contributed by atoms with E-state index in [0.717, 1.165) is 11.1 Å². The molecule has 1 saturated heterocycles. The fraction of sp³-hybridized carbons (Fsp3) is 0.471. The Morgan fingerprint density at radius 1 is 1.38 bits per heavy atom. The first-order valence-corrected chi connectivity index (χ1v) is 9.68. The second-order valence-corrected chi connectivity index (χ2v) is 7.79. The van der Waals surface area contributed by atoms with Crippen molar-refractivity contribution in [1.82, 2.24) is 14.5 Å². The van der Waals surface area contributed by atoms with Crippen molar-refractivity contribution in [1.29, 1.82) is 0 Å². The molecule has 2 heterocycles. The molecule has 0 bridgehead atoms. The first-order chi connectivity index (χ1) is 11.5. The SMILES string of the molecule is CCc1ccccc1S(=O)(=O)N[C@@H]1CCO[C@@H](c2cnn(C)c2)C1. The number of hydrogen-bond acceptors (Lipinski definition) is 4. The molecular formula is C17H23N3O3S. The maximum absolute atomic E-state index is 12.8. The lowest BCUT2D eigenvalue weighted by atomic mass is 10.0. The minimum absolute atomic E-state index is 0.124. The van der Waals surface area contributed by atoms with E-state index in [4.69, 9.17) is 4.74 Å². The summed E-state index contributed by atoms with van der Waals surface area (Å²) in [6.45, 7) is 2.49. The van der Waals surface area contributed by atoms with Gasteiger partial charge < -0.3 is 4.74 Å². The van der Waals surface area contributed by atoms with Crippen molar-refractivity contribution in [2.75, 3.05) is 6.61 Å². The van der Waals surface area contributed by atoms with E-state index in [2.05, 4.69) is 9.82 Å². The van der Waals surface area contributed by atoms with E-state index in [-0.39, 0.29) is 12.1 Å². The number of nitrogens with one attached hydrogen (secondary N) is 1. The summed E-state index contributed by atoms with van der Waals surface area (Å²) in [7, 11) is -1.67. The molecule has 0 spiro atoms. The molecule has 0 radical (unpaired) electrons. The van der Waals surface area contributed by atoms with Crippen LogP contribution >= 0.6 is 0 Å². The Balaban J connectivity index is 1.75. The molecule has 1 fully saturated rings. The van der Waals surface area contributed by atoms with Crippen molar-refractivity contribution in [2.45, 2.75) is 43.2 Å². The number of hydrogen-bond donors (Lipinski definition) is 1. The van der Waals surface area contributed by atoms with Crippen LogP contribution in [0.5, 0.6) is 0 Å². The number of aryl methyl sites for hydroxylation is 2. The highest BCUT2D eigenvalue weighted by Gasteiger charge is 2.29. The van der Waals surface area contributed by atoms with Crippen LogP contribution < -0.4 is 4.72 Å². The molecule has 7 heteroatoms. The molecule has 1 aliphatic rings. The fourth-order valence-electron chi connectivity index (χ4n) is 3.08. The predicted octanol–water partition coefficient (Wildman–Crippen LogP) is 2.18.